The number of thiophene rings is 1. The number of carbonyl (C=O) groups excluding carboxylic acids is 1. The van der Waals surface area contributed by atoms with E-state index in [9.17, 15) is 4.79 Å². The van der Waals surface area contributed by atoms with Gasteiger partial charge in [-0.2, -0.15) is 0 Å². The average Bonchev–Trinajstić information content (AvgIpc) is 2.88. The summed E-state index contributed by atoms with van der Waals surface area (Å²) in [5.74, 6) is -0.0405. The molecular weight excluding hydrogens is 292 g/mol. The quantitative estimate of drug-likeness (QED) is 0.861. The van der Waals surface area contributed by atoms with Crippen LogP contribution in [0.4, 0.5) is 0 Å². The predicted molar refractivity (Wildman–Crippen MR) is 84.6 cm³/mol. The Hall–Kier alpha value is -1.36. The second-order valence-corrected chi connectivity index (χ2v) is 6.20. The Balaban J connectivity index is 2.01. The number of rotatable bonds is 6. The molecule has 1 amide bonds. The van der Waals surface area contributed by atoms with Gasteiger partial charge in [-0.1, -0.05) is 29.8 Å². The van der Waals surface area contributed by atoms with Crippen molar-refractivity contribution in [3.8, 4) is 0 Å². The van der Waals surface area contributed by atoms with Crippen molar-refractivity contribution in [1.82, 2.24) is 10.6 Å². The van der Waals surface area contributed by atoms with E-state index in [1.165, 1.54) is 11.3 Å². The van der Waals surface area contributed by atoms with Gasteiger partial charge in [0.05, 0.1) is 10.9 Å². The molecule has 0 spiro atoms. The fourth-order valence-corrected chi connectivity index (χ4v) is 2.96. The lowest BCUT2D eigenvalue weighted by atomic mass is 10.0. The Kier molecular flexibility index (Phi) is 5.59. The van der Waals surface area contributed by atoms with Gasteiger partial charge in [-0.3, -0.25) is 4.79 Å². The number of benzene rings is 1. The van der Waals surface area contributed by atoms with Crippen LogP contribution in [0.25, 0.3) is 0 Å². The minimum atomic E-state index is -0.0405. The van der Waals surface area contributed by atoms with Gasteiger partial charge in [0, 0.05) is 10.4 Å². The molecule has 5 heteroatoms. The van der Waals surface area contributed by atoms with Crippen molar-refractivity contribution in [2.75, 3.05) is 13.6 Å². The molecule has 0 aliphatic carbocycles. The van der Waals surface area contributed by atoms with E-state index >= 15 is 0 Å². The third kappa shape index (κ3) is 4.07. The van der Waals surface area contributed by atoms with Crippen molar-refractivity contribution in [3.05, 3.63) is 56.7 Å². The SMILES string of the molecule is CNCCc1ccccc1C(=O)NCc1ccc(Cl)s1. The van der Waals surface area contributed by atoms with Gasteiger partial charge in [0.15, 0.2) is 0 Å². The summed E-state index contributed by atoms with van der Waals surface area (Å²) < 4.78 is 0.740. The molecule has 106 valence electrons. The van der Waals surface area contributed by atoms with Gasteiger partial charge in [-0.25, -0.2) is 0 Å². The highest BCUT2D eigenvalue weighted by Gasteiger charge is 2.10. The molecule has 2 rings (SSSR count). The standard InChI is InChI=1S/C15H17ClN2OS/c1-17-9-8-11-4-2-3-5-13(11)15(19)18-10-12-6-7-14(16)20-12/h2-7,17H,8-10H2,1H3,(H,18,19). The van der Waals surface area contributed by atoms with Gasteiger partial charge >= 0.3 is 0 Å². The minimum absolute atomic E-state index is 0.0405. The lowest BCUT2D eigenvalue weighted by molar-refractivity contribution is 0.0950. The first-order valence-electron chi connectivity index (χ1n) is 6.45. The first-order chi connectivity index (χ1) is 9.70. The van der Waals surface area contributed by atoms with Crippen LogP contribution in [-0.2, 0) is 13.0 Å². The van der Waals surface area contributed by atoms with Gasteiger partial charge < -0.3 is 10.6 Å². The van der Waals surface area contributed by atoms with E-state index in [2.05, 4.69) is 10.6 Å². The molecule has 2 N–H and O–H groups in total. The van der Waals surface area contributed by atoms with Crippen LogP contribution in [0.5, 0.6) is 0 Å². The molecule has 0 aliphatic heterocycles. The topological polar surface area (TPSA) is 41.1 Å². The van der Waals surface area contributed by atoms with Gasteiger partial charge in [0.1, 0.15) is 0 Å². The Morgan fingerprint density at radius 3 is 2.75 bits per heavy atom. The second kappa shape index (κ2) is 7.43. The summed E-state index contributed by atoms with van der Waals surface area (Å²) in [5.41, 5.74) is 1.80. The molecule has 20 heavy (non-hydrogen) atoms. The number of halogens is 1. The first kappa shape index (κ1) is 15.0. The maximum atomic E-state index is 12.2. The molecule has 1 aromatic carbocycles. The number of likely N-dealkylation sites (N-methyl/N-ethyl adjacent to an activating group) is 1. The fourth-order valence-electron chi connectivity index (χ4n) is 1.93. The average molecular weight is 309 g/mol. The Labute approximate surface area is 128 Å². The van der Waals surface area contributed by atoms with Crippen LogP contribution in [0, 0.1) is 0 Å². The summed E-state index contributed by atoms with van der Waals surface area (Å²) in [6.45, 7) is 1.36. The monoisotopic (exact) mass is 308 g/mol. The maximum absolute atomic E-state index is 12.2. The lowest BCUT2D eigenvalue weighted by Crippen LogP contribution is -2.24. The van der Waals surface area contributed by atoms with E-state index in [-0.39, 0.29) is 5.91 Å². The highest BCUT2D eigenvalue weighted by Crippen LogP contribution is 2.21. The zero-order chi connectivity index (χ0) is 14.4. The van der Waals surface area contributed by atoms with E-state index in [1.807, 2.05) is 43.4 Å². The van der Waals surface area contributed by atoms with Crippen molar-refractivity contribution >= 4 is 28.8 Å². The van der Waals surface area contributed by atoms with Crippen molar-refractivity contribution in [2.24, 2.45) is 0 Å². The minimum Gasteiger partial charge on any atom is -0.347 e. The van der Waals surface area contributed by atoms with E-state index in [0.29, 0.717) is 6.54 Å². The summed E-state index contributed by atoms with van der Waals surface area (Å²) in [6.07, 6.45) is 0.838. The van der Waals surface area contributed by atoms with E-state index < -0.39 is 0 Å². The summed E-state index contributed by atoms with van der Waals surface area (Å²) in [6, 6.07) is 11.5. The second-order valence-electron chi connectivity index (χ2n) is 4.40. The Morgan fingerprint density at radius 1 is 1.25 bits per heavy atom. The molecule has 0 bridgehead atoms. The molecule has 0 radical (unpaired) electrons. The molecule has 1 aromatic heterocycles. The van der Waals surface area contributed by atoms with Crippen molar-refractivity contribution in [1.29, 1.82) is 0 Å². The molecule has 0 fully saturated rings. The van der Waals surface area contributed by atoms with Crippen molar-refractivity contribution < 1.29 is 4.79 Å². The molecule has 3 nitrogen and oxygen atoms in total. The molecule has 1 heterocycles. The smallest absolute Gasteiger partial charge is 0.251 e. The first-order valence-corrected chi connectivity index (χ1v) is 7.65. The molecule has 0 atom stereocenters. The van der Waals surface area contributed by atoms with E-state index in [1.54, 1.807) is 0 Å². The highest BCUT2D eigenvalue weighted by molar-refractivity contribution is 7.16. The summed E-state index contributed by atoms with van der Waals surface area (Å²) >= 11 is 7.36. The Bertz CT molecular complexity index is 583. The van der Waals surface area contributed by atoms with Crippen LogP contribution in [0.1, 0.15) is 20.8 Å². The van der Waals surface area contributed by atoms with Crippen LogP contribution in [-0.4, -0.2) is 19.5 Å². The number of carbonyl (C=O) groups is 1. The molecule has 0 saturated heterocycles. The zero-order valence-electron chi connectivity index (χ0n) is 11.3. The molecule has 0 aliphatic rings. The number of hydrogen-bond acceptors (Lipinski definition) is 3. The predicted octanol–water partition coefficient (Wildman–Crippen LogP) is 3.09. The molecule has 2 aromatic rings. The summed E-state index contributed by atoms with van der Waals surface area (Å²) in [4.78, 5) is 13.3. The van der Waals surface area contributed by atoms with Crippen molar-refractivity contribution in [3.63, 3.8) is 0 Å². The maximum Gasteiger partial charge on any atom is 0.251 e. The van der Waals surface area contributed by atoms with Gasteiger partial charge in [-0.05, 0) is 43.8 Å². The number of hydrogen-bond donors (Lipinski definition) is 2. The van der Waals surface area contributed by atoms with E-state index in [0.717, 1.165) is 33.3 Å². The zero-order valence-corrected chi connectivity index (χ0v) is 12.9. The van der Waals surface area contributed by atoms with Crippen LogP contribution < -0.4 is 10.6 Å². The third-order valence-electron chi connectivity index (χ3n) is 2.96. The lowest BCUT2D eigenvalue weighted by Gasteiger charge is -2.09. The Morgan fingerprint density at radius 2 is 2.05 bits per heavy atom. The van der Waals surface area contributed by atoms with Gasteiger partial charge in [0.2, 0.25) is 0 Å². The molecule has 0 unspecified atom stereocenters. The normalized spacial score (nSPS) is 10.5. The largest absolute Gasteiger partial charge is 0.347 e. The van der Waals surface area contributed by atoms with Crippen LogP contribution in [0.15, 0.2) is 36.4 Å². The number of amides is 1. The van der Waals surface area contributed by atoms with Crippen LogP contribution in [0.2, 0.25) is 4.34 Å². The van der Waals surface area contributed by atoms with Crippen LogP contribution in [0.3, 0.4) is 0 Å². The van der Waals surface area contributed by atoms with Crippen molar-refractivity contribution in [2.45, 2.75) is 13.0 Å². The third-order valence-corrected chi connectivity index (χ3v) is 4.19. The van der Waals surface area contributed by atoms with Gasteiger partial charge in [0.25, 0.3) is 5.91 Å². The summed E-state index contributed by atoms with van der Waals surface area (Å²) in [5, 5.41) is 6.04. The highest BCUT2D eigenvalue weighted by atomic mass is 35.5. The molecular formula is C15H17ClN2OS. The number of nitrogens with one attached hydrogen (secondary N) is 2. The molecule has 0 saturated carbocycles. The van der Waals surface area contributed by atoms with Crippen LogP contribution >= 0.6 is 22.9 Å². The van der Waals surface area contributed by atoms with Gasteiger partial charge in [-0.15, -0.1) is 11.3 Å². The summed E-state index contributed by atoms with van der Waals surface area (Å²) in [7, 11) is 1.91. The fraction of sp³-hybridized carbons (Fsp3) is 0.267. The van der Waals surface area contributed by atoms with E-state index in [4.69, 9.17) is 11.6 Å².